The monoisotopic (exact) mass is 679 g/mol. The summed E-state index contributed by atoms with van der Waals surface area (Å²) in [5.74, 6) is -7.25. The highest BCUT2D eigenvalue weighted by atomic mass is 32.2. The highest BCUT2D eigenvalue weighted by Gasteiger charge is 2.73. The first-order valence-electron chi connectivity index (χ1n) is 14.0. The van der Waals surface area contributed by atoms with Gasteiger partial charge in [-0.25, -0.2) is 9.59 Å². The van der Waals surface area contributed by atoms with Crippen LogP contribution in [-0.2, 0) is 33.6 Å². The maximum Gasteiger partial charge on any atom is 0.352 e. The number of thioether (sulfide) groups is 2. The molecule has 3 fully saturated rings. The summed E-state index contributed by atoms with van der Waals surface area (Å²) in [6.07, 6.45) is 1.71. The number of carboxylic acid groups (broad SMARTS) is 1. The number of benzene rings is 1. The second-order valence-electron chi connectivity index (χ2n) is 11.0. The lowest BCUT2D eigenvalue weighted by Crippen LogP contribution is -2.78. The van der Waals surface area contributed by atoms with Gasteiger partial charge in [0.1, 0.15) is 16.7 Å². The van der Waals surface area contributed by atoms with Crippen LogP contribution < -0.4 is 20.1 Å². The van der Waals surface area contributed by atoms with E-state index in [9.17, 15) is 43.5 Å². The fraction of sp³-hybridized carbons (Fsp3) is 0.500. The van der Waals surface area contributed by atoms with Crippen LogP contribution in [0.4, 0.5) is 4.79 Å². The molecule has 1 aromatic rings. The Morgan fingerprint density at radius 1 is 1.04 bits per heavy atom. The molecular weight excluding hydrogens is 646 g/mol. The molecule has 6 amide bonds. The van der Waals surface area contributed by atoms with Gasteiger partial charge < -0.3 is 30.1 Å². The van der Waals surface area contributed by atoms with Gasteiger partial charge in [0.05, 0.1) is 4.75 Å². The van der Waals surface area contributed by atoms with Gasteiger partial charge in [-0.3, -0.25) is 38.6 Å². The Balaban J connectivity index is 1.77. The number of nitrogens with one attached hydrogen (secondary N) is 2. The molecule has 0 aromatic heterocycles. The third kappa shape index (κ3) is 5.86. The molecule has 3 N–H and O–H groups in total. The van der Waals surface area contributed by atoms with Gasteiger partial charge in [-0.2, -0.15) is 0 Å². The summed E-state index contributed by atoms with van der Waals surface area (Å²) < 4.78 is 8.99. The third-order valence-corrected chi connectivity index (χ3v) is 10.5. The molecule has 0 saturated carbocycles. The van der Waals surface area contributed by atoms with E-state index in [0.717, 1.165) is 24.8 Å². The minimum Gasteiger partial charge on any atom is -0.478 e. The molecule has 3 aliphatic heterocycles. The second-order valence-corrected chi connectivity index (χ2v) is 13.7. The van der Waals surface area contributed by atoms with E-state index in [0.29, 0.717) is 4.90 Å². The van der Waals surface area contributed by atoms with Crippen LogP contribution in [0.15, 0.2) is 18.2 Å². The molecule has 0 aliphatic carbocycles. The van der Waals surface area contributed by atoms with E-state index < -0.39 is 74.6 Å². The SMILES string of the molecule is CCN1CCN(C(=O)NC(C(=O)N[C@@]2(C(=O)O)N3C(=O)[C@H](SC)[C@H]3SC2(C)C)c2ccc(OC(C)=O)c(OC(C)=O)c2)C(=O)C1=O. The number of urea groups is 1. The van der Waals surface area contributed by atoms with Gasteiger partial charge in [-0.1, -0.05) is 6.07 Å². The minimum atomic E-state index is -2.26. The molecule has 0 bridgehead atoms. The number of aliphatic carboxylic acids is 1. The van der Waals surface area contributed by atoms with Gasteiger partial charge >= 0.3 is 35.8 Å². The number of hydrogen-bond acceptors (Lipinski definition) is 12. The van der Waals surface area contributed by atoms with Crippen molar-refractivity contribution in [3.63, 3.8) is 0 Å². The van der Waals surface area contributed by atoms with E-state index >= 15 is 0 Å². The highest BCUT2D eigenvalue weighted by molar-refractivity contribution is 8.05. The number of likely N-dealkylation sites (N-methyl/N-ethyl adjacent to an activating group) is 1. The summed E-state index contributed by atoms with van der Waals surface area (Å²) in [6, 6.07) is 0.647. The van der Waals surface area contributed by atoms with Crippen LogP contribution in [0.1, 0.15) is 46.2 Å². The lowest BCUT2D eigenvalue weighted by Gasteiger charge is -2.49. The number of imide groups is 1. The van der Waals surface area contributed by atoms with Crippen LogP contribution in [0, 0.1) is 0 Å². The van der Waals surface area contributed by atoms with Crippen molar-refractivity contribution in [3.8, 4) is 11.5 Å². The number of hydrogen-bond donors (Lipinski definition) is 3. The van der Waals surface area contributed by atoms with Gasteiger partial charge in [0, 0.05) is 33.5 Å². The molecular formula is C28H33N5O11S2. The molecule has 1 unspecified atom stereocenters. The van der Waals surface area contributed by atoms with Crippen LogP contribution in [-0.4, -0.2) is 114 Å². The Labute approximate surface area is 271 Å². The van der Waals surface area contributed by atoms with E-state index in [2.05, 4.69) is 10.6 Å². The van der Waals surface area contributed by atoms with Crippen molar-refractivity contribution in [1.82, 2.24) is 25.3 Å². The summed E-state index contributed by atoms with van der Waals surface area (Å²) in [6.45, 7) is 7.06. The van der Waals surface area contributed by atoms with Crippen molar-refractivity contribution in [3.05, 3.63) is 23.8 Å². The highest BCUT2D eigenvalue weighted by Crippen LogP contribution is 2.58. The van der Waals surface area contributed by atoms with Crippen molar-refractivity contribution in [1.29, 1.82) is 0 Å². The molecule has 46 heavy (non-hydrogen) atoms. The Morgan fingerprint density at radius 2 is 1.67 bits per heavy atom. The lowest BCUT2D eigenvalue weighted by atomic mass is 9.89. The fourth-order valence-corrected chi connectivity index (χ4v) is 8.32. The van der Waals surface area contributed by atoms with Crippen molar-refractivity contribution in [2.45, 2.75) is 61.7 Å². The van der Waals surface area contributed by atoms with Gasteiger partial charge in [-0.15, -0.1) is 23.5 Å². The Morgan fingerprint density at radius 3 is 2.24 bits per heavy atom. The number of carbonyl (C=O) groups is 8. The fourth-order valence-electron chi connectivity index (χ4n) is 5.53. The van der Waals surface area contributed by atoms with Crippen LogP contribution >= 0.6 is 23.5 Å². The Hall–Kier alpha value is -4.32. The second kappa shape index (κ2) is 12.8. The number of esters is 2. The molecule has 0 radical (unpaired) electrons. The number of fused-ring (bicyclic) bond motifs is 1. The maximum atomic E-state index is 14.2. The first kappa shape index (κ1) is 34.6. The predicted octanol–water partition coefficient (Wildman–Crippen LogP) is 0.301. The molecule has 248 valence electrons. The smallest absolute Gasteiger partial charge is 0.352 e. The standard InChI is InChI=1S/C28H33N5O11S2/c1-7-31-10-11-32(23(39)22(31)38)26(42)29-18(15-8-9-16(43-13(2)34)17(12-15)44-14(3)35)20(36)30-28(25(40)41)27(4,5)46-24-19(45-6)21(37)33(24)28/h8-9,12,18-19,24H,7,10-11H2,1-6H3,(H,29,42)(H,30,36)(H,40,41)/t18?,19-,24+,28-/m0/s1. The first-order valence-corrected chi connectivity index (χ1v) is 16.2. The number of carboxylic acids is 1. The lowest BCUT2D eigenvalue weighted by molar-refractivity contribution is -0.172. The van der Waals surface area contributed by atoms with Gasteiger partial charge in [-0.05, 0) is 44.7 Å². The number of ether oxygens (including phenoxy) is 2. The van der Waals surface area contributed by atoms with Crippen molar-refractivity contribution >= 4 is 71.1 Å². The van der Waals surface area contributed by atoms with E-state index in [1.807, 2.05) is 0 Å². The quantitative estimate of drug-likeness (QED) is 0.139. The van der Waals surface area contributed by atoms with Crippen molar-refractivity contribution < 1.29 is 52.9 Å². The van der Waals surface area contributed by atoms with E-state index in [1.54, 1.807) is 27.0 Å². The maximum absolute atomic E-state index is 14.2. The number of β-lactam (4-membered cyclic amide) rings is 1. The van der Waals surface area contributed by atoms with E-state index in [4.69, 9.17) is 9.47 Å². The summed E-state index contributed by atoms with van der Waals surface area (Å²) in [5, 5.41) is 14.3. The molecule has 18 heteroatoms. The number of rotatable bonds is 9. The zero-order valence-electron chi connectivity index (χ0n) is 25.8. The molecule has 3 saturated heterocycles. The summed E-state index contributed by atoms with van der Waals surface area (Å²) >= 11 is 2.44. The molecule has 3 aliphatic rings. The number of amides is 6. The Bertz CT molecular complexity index is 1530. The molecule has 0 spiro atoms. The van der Waals surface area contributed by atoms with Crippen molar-refractivity contribution in [2.75, 3.05) is 25.9 Å². The normalized spacial score (nSPS) is 24.0. The van der Waals surface area contributed by atoms with Gasteiger partial charge in [0.15, 0.2) is 11.5 Å². The molecule has 4 rings (SSSR count). The average molecular weight is 680 g/mol. The van der Waals surface area contributed by atoms with Crippen LogP contribution in [0.25, 0.3) is 0 Å². The third-order valence-electron chi connectivity index (χ3n) is 7.78. The zero-order chi connectivity index (χ0) is 34.3. The average Bonchev–Trinajstić information content (AvgIpc) is 3.17. The van der Waals surface area contributed by atoms with Crippen LogP contribution in [0.2, 0.25) is 0 Å². The zero-order valence-corrected chi connectivity index (χ0v) is 27.4. The summed E-state index contributed by atoms with van der Waals surface area (Å²) in [7, 11) is 0. The first-order chi connectivity index (χ1) is 21.5. The van der Waals surface area contributed by atoms with Gasteiger partial charge in [0.2, 0.25) is 17.5 Å². The van der Waals surface area contributed by atoms with Gasteiger partial charge in [0.25, 0.3) is 0 Å². The number of piperazine rings is 1. The number of nitrogens with zero attached hydrogens (tertiary/aromatic N) is 3. The molecule has 4 atom stereocenters. The minimum absolute atomic E-state index is 0.0433. The summed E-state index contributed by atoms with van der Waals surface area (Å²) in [5.41, 5.74) is -2.35. The topological polar surface area (TPSA) is 209 Å². The Kier molecular flexibility index (Phi) is 9.63. The van der Waals surface area contributed by atoms with E-state index in [-0.39, 0.29) is 36.7 Å². The van der Waals surface area contributed by atoms with E-state index in [1.165, 1.54) is 40.6 Å². The number of carbonyl (C=O) groups excluding carboxylic acids is 7. The van der Waals surface area contributed by atoms with Crippen LogP contribution in [0.3, 0.4) is 0 Å². The van der Waals surface area contributed by atoms with Crippen LogP contribution in [0.5, 0.6) is 11.5 Å². The molecule has 16 nitrogen and oxygen atoms in total. The van der Waals surface area contributed by atoms with Crippen molar-refractivity contribution in [2.24, 2.45) is 0 Å². The summed E-state index contributed by atoms with van der Waals surface area (Å²) in [4.78, 5) is 105. The molecule has 3 heterocycles. The predicted molar refractivity (Wildman–Crippen MR) is 162 cm³/mol. The molecule has 1 aromatic carbocycles. The largest absolute Gasteiger partial charge is 0.478 e.